The molecule has 0 atom stereocenters. The number of amides is 3. The summed E-state index contributed by atoms with van der Waals surface area (Å²) >= 11 is 0. The van der Waals surface area contributed by atoms with E-state index in [1.165, 1.54) is 13.8 Å². The Bertz CT molecular complexity index is 374. The molecule has 1 saturated carbocycles. The quantitative estimate of drug-likeness (QED) is 0.675. The van der Waals surface area contributed by atoms with E-state index in [9.17, 15) is 14.4 Å². The van der Waals surface area contributed by atoms with Gasteiger partial charge in [-0.05, 0) is 26.7 Å². The van der Waals surface area contributed by atoms with E-state index in [1.807, 2.05) is 0 Å². The SMILES string of the molecule is COC1CC(NC(=O)NC(=O)CC(C)(C)C(=O)O)C1. The number of aliphatic carboxylic acids is 1. The van der Waals surface area contributed by atoms with Crippen molar-refractivity contribution >= 4 is 17.9 Å². The highest BCUT2D eigenvalue weighted by Gasteiger charge is 2.32. The highest BCUT2D eigenvalue weighted by molar-refractivity contribution is 5.96. The smallest absolute Gasteiger partial charge is 0.321 e. The molecule has 1 rings (SSSR count). The molecule has 7 nitrogen and oxygen atoms in total. The number of hydrogen-bond donors (Lipinski definition) is 3. The third-order valence-corrected chi connectivity index (χ3v) is 3.20. The molecule has 0 aliphatic heterocycles. The Kier molecular flexibility index (Phi) is 4.88. The number of urea groups is 1. The van der Waals surface area contributed by atoms with Gasteiger partial charge in [-0.1, -0.05) is 0 Å². The van der Waals surface area contributed by atoms with Crippen LogP contribution < -0.4 is 10.6 Å². The minimum Gasteiger partial charge on any atom is -0.481 e. The third kappa shape index (κ3) is 4.51. The average molecular weight is 272 g/mol. The van der Waals surface area contributed by atoms with Crippen molar-refractivity contribution in [2.24, 2.45) is 5.41 Å². The van der Waals surface area contributed by atoms with Gasteiger partial charge in [0.1, 0.15) is 0 Å². The van der Waals surface area contributed by atoms with E-state index in [-0.39, 0.29) is 18.6 Å². The Morgan fingerprint density at radius 1 is 1.32 bits per heavy atom. The first-order chi connectivity index (χ1) is 8.74. The summed E-state index contributed by atoms with van der Waals surface area (Å²) in [7, 11) is 1.61. The Morgan fingerprint density at radius 2 is 1.89 bits per heavy atom. The monoisotopic (exact) mass is 272 g/mol. The van der Waals surface area contributed by atoms with Crippen molar-refractivity contribution < 1.29 is 24.2 Å². The molecule has 0 unspecified atom stereocenters. The van der Waals surface area contributed by atoms with Gasteiger partial charge in [-0.3, -0.25) is 14.9 Å². The topological polar surface area (TPSA) is 105 Å². The molecule has 0 radical (unpaired) electrons. The van der Waals surface area contributed by atoms with E-state index in [2.05, 4.69) is 10.6 Å². The minimum absolute atomic E-state index is 0.00485. The van der Waals surface area contributed by atoms with Crippen LogP contribution in [0.25, 0.3) is 0 Å². The molecule has 7 heteroatoms. The zero-order chi connectivity index (χ0) is 14.6. The van der Waals surface area contributed by atoms with E-state index in [4.69, 9.17) is 9.84 Å². The predicted octanol–water partition coefficient (Wildman–Crippen LogP) is 0.490. The van der Waals surface area contributed by atoms with Crippen molar-refractivity contribution in [2.45, 2.75) is 45.3 Å². The molecule has 0 spiro atoms. The van der Waals surface area contributed by atoms with Gasteiger partial charge in [0.15, 0.2) is 0 Å². The molecule has 0 bridgehead atoms. The van der Waals surface area contributed by atoms with E-state index in [1.54, 1.807) is 7.11 Å². The van der Waals surface area contributed by atoms with Crippen molar-refractivity contribution in [1.29, 1.82) is 0 Å². The van der Waals surface area contributed by atoms with Gasteiger partial charge in [-0.15, -0.1) is 0 Å². The van der Waals surface area contributed by atoms with Crippen LogP contribution in [0.3, 0.4) is 0 Å². The van der Waals surface area contributed by atoms with E-state index in [0.29, 0.717) is 0 Å². The average Bonchev–Trinajstić information content (AvgIpc) is 2.21. The van der Waals surface area contributed by atoms with Gasteiger partial charge in [0, 0.05) is 19.6 Å². The fourth-order valence-electron chi connectivity index (χ4n) is 1.75. The summed E-state index contributed by atoms with van der Waals surface area (Å²) in [4.78, 5) is 33.8. The zero-order valence-corrected chi connectivity index (χ0v) is 11.4. The highest BCUT2D eigenvalue weighted by atomic mass is 16.5. The van der Waals surface area contributed by atoms with E-state index >= 15 is 0 Å². The number of methoxy groups -OCH3 is 1. The molecule has 1 fully saturated rings. The molecule has 0 aromatic rings. The van der Waals surface area contributed by atoms with Gasteiger partial charge in [-0.25, -0.2) is 4.79 Å². The standard InChI is InChI=1S/C12H20N2O5/c1-12(2,10(16)17)6-9(15)14-11(18)13-7-4-8(5-7)19-3/h7-8H,4-6H2,1-3H3,(H,16,17)(H2,13,14,15,18). The van der Waals surface area contributed by atoms with Crippen molar-refractivity contribution in [3.63, 3.8) is 0 Å². The van der Waals surface area contributed by atoms with Crippen LogP contribution in [0.4, 0.5) is 4.79 Å². The van der Waals surface area contributed by atoms with Crippen molar-refractivity contribution in [2.75, 3.05) is 7.11 Å². The number of nitrogens with one attached hydrogen (secondary N) is 2. The van der Waals surface area contributed by atoms with Gasteiger partial charge in [0.25, 0.3) is 0 Å². The van der Waals surface area contributed by atoms with E-state index in [0.717, 1.165) is 12.8 Å². The molecule has 1 aliphatic carbocycles. The number of carboxylic acid groups (broad SMARTS) is 1. The lowest BCUT2D eigenvalue weighted by molar-refractivity contribution is -0.149. The molecular formula is C12H20N2O5. The largest absolute Gasteiger partial charge is 0.481 e. The highest BCUT2D eigenvalue weighted by Crippen LogP contribution is 2.22. The number of carbonyl (C=O) groups is 3. The lowest BCUT2D eigenvalue weighted by atomic mass is 9.89. The molecular weight excluding hydrogens is 252 g/mol. The van der Waals surface area contributed by atoms with Crippen LogP contribution in [-0.4, -0.2) is 42.3 Å². The first kappa shape index (κ1) is 15.4. The Hall–Kier alpha value is -1.63. The van der Waals surface area contributed by atoms with Gasteiger partial charge < -0.3 is 15.2 Å². The van der Waals surface area contributed by atoms with Gasteiger partial charge in [-0.2, -0.15) is 0 Å². The van der Waals surface area contributed by atoms with Crippen LogP contribution in [0.5, 0.6) is 0 Å². The summed E-state index contributed by atoms with van der Waals surface area (Å²) in [5.41, 5.74) is -1.19. The molecule has 3 amide bonds. The maximum Gasteiger partial charge on any atom is 0.321 e. The minimum atomic E-state index is -1.19. The Morgan fingerprint density at radius 3 is 2.37 bits per heavy atom. The Labute approximate surface area is 111 Å². The van der Waals surface area contributed by atoms with E-state index < -0.39 is 23.3 Å². The summed E-state index contributed by atoms with van der Waals surface area (Å²) in [6, 6.07) is -0.587. The number of carbonyl (C=O) groups excluding carboxylic acids is 2. The molecule has 3 N–H and O–H groups in total. The number of imide groups is 1. The van der Waals surface area contributed by atoms with Crippen LogP contribution in [0.1, 0.15) is 33.1 Å². The fourth-order valence-corrected chi connectivity index (χ4v) is 1.75. The zero-order valence-electron chi connectivity index (χ0n) is 11.4. The summed E-state index contributed by atoms with van der Waals surface area (Å²) in [5, 5.41) is 13.6. The van der Waals surface area contributed by atoms with Gasteiger partial charge in [0.2, 0.25) is 5.91 Å². The second-order valence-electron chi connectivity index (χ2n) is 5.41. The normalized spacial score (nSPS) is 22.3. The first-order valence-electron chi connectivity index (χ1n) is 6.11. The lowest BCUT2D eigenvalue weighted by Crippen LogP contribution is -2.52. The molecule has 0 saturated heterocycles. The van der Waals surface area contributed by atoms with Gasteiger partial charge in [0.05, 0.1) is 11.5 Å². The number of rotatable bonds is 5. The van der Waals surface area contributed by atoms with Crippen molar-refractivity contribution in [3.8, 4) is 0 Å². The molecule has 0 heterocycles. The predicted molar refractivity (Wildman–Crippen MR) is 66.5 cm³/mol. The number of ether oxygens (including phenoxy) is 1. The van der Waals surface area contributed by atoms with Crippen molar-refractivity contribution in [1.82, 2.24) is 10.6 Å². The fraction of sp³-hybridized carbons (Fsp3) is 0.750. The molecule has 0 aromatic heterocycles. The first-order valence-corrected chi connectivity index (χ1v) is 6.11. The molecule has 0 aromatic carbocycles. The summed E-state index contributed by atoms with van der Waals surface area (Å²) < 4.78 is 5.07. The molecule has 108 valence electrons. The van der Waals surface area contributed by atoms with Gasteiger partial charge >= 0.3 is 12.0 Å². The number of carboxylic acids is 1. The van der Waals surface area contributed by atoms with Crippen LogP contribution >= 0.6 is 0 Å². The van der Waals surface area contributed by atoms with Crippen LogP contribution in [0, 0.1) is 5.41 Å². The van der Waals surface area contributed by atoms with Crippen molar-refractivity contribution in [3.05, 3.63) is 0 Å². The third-order valence-electron chi connectivity index (χ3n) is 3.20. The lowest BCUT2D eigenvalue weighted by Gasteiger charge is -2.34. The summed E-state index contributed by atoms with van der Waals surface area (Å²) in [6.45, 7) is 2.86. The Balaban J connectivity index is 2.29. The second kappa shape index (κ2) is 6.01. The van der Waals surface area contributed by atoms with Crippen LogP contribution in [0.15, 0.2) is 0 Å². The van der Waals surface area contributed by atoms with Crippen LogP contribution in [-0.2, 0) is 14.3 Å². The summed E-state index contributed by atoms with van der Waals surface area (Å²) in [5.74, 6) is -1.68. The second-order valence-corrected chi connectivity index (χ2v) is 5.41. The molecule has 19 heavy (non-hydrogen) atoms. The maximum absolute atomic E-state index is 11.5. The summed E-state index contributed by atoms with van der Waals surface area (Å²) in [6.07, 6.45) is 1.35. The maximum atomic E-state index is 11.5. The number of hydrogen-bond acceptors (Lipinski definition) is 4. The molecule has 1 aliphatic rings. The van der Waals surface area contributed by atoms with Crippen LogP contribution in [0.2, 0.25) is 0 Å².